The Morgan fingerprint density at radius 3 is 2.04 bits per heavy atom. The minimum atomic E-state index is -0.556. The van der Waals surface area contributed by atoms with Crippen molar-refractivity contribution in [2.75, 3.05) is 7.05 Å². The van der Waals surface area contributed by atoms with Crippen LogP contribution in [0.4, 0.5) is 0 Å². The SMILES string of the molecule is CN=Cc1ccccc1Pc1cc(C(C)(C)C)cc(C(C)(C)C)c1O.[Cl][Ti][Cl]. The van der Waals surface area contributed by atoms with E-state index >= 15 is 0 Å². The second-order valence-corrected chi connectivity index (χ2v) is 12.5. The van der Waals surface area contributed by atoms with Gasteiger partial charge in [-0.15, -0.1) is 0 Å². The van der Waals surface area contributed by atoms with Gasteiger partial charge < -0.3 is 5.11 Å². The van der Waals surface area contributed by atoms with Crippen molar-refractivity contribution < 1.29 is 22.1 Å². The van der Waals surface area contributed by atoms with Crippen LogP contribution in [0.3, 0.4) is 0 Å². The van der Waals surface area contributed by atoms with E-state index in [0.717, 1.165) is 16.4 Å². The first-order valence-corrected chi connectivity index (χ1v) is 14.4. The summed E-state index contributed by atoms with van der Waals surface area (Å²) in [5.41, 5.74) is 3.33. The quantitative estimate of drug-likeness (QED) is 0.329. The van der Waals surface area contributed by atoms with E-state index in [1.54, 1.807) is 7.05 Å². The molecule has 28 heavy (non-hydrogen) atoms. The van der Waals surface area contributed by atoms with Crippen LogP contribution in [0.1, 0.15) is 58.2 Å². The molecule has 0 aliphatic heterocycles. The van der Waals surface area contributed by atoms with Crippen LogP contribution in [0, 0.1) is 0 Å². The van der Waals surface area contributed by atoms with Crippen LogP contribution in [0.2, 0.25) is 0 Å². The summed E-state index contributed by atoms with van der Waals surface area (Å²) < 4.78 is 0. The molecule has 0 aliphatic rings. The Balaban J connectivity index is 0.00000122. The molecule has 0 saturated heterocycles. The Labute approximate surface area is 188 Å². The number of hydrogen-bond acceptors (Lipinski definition) is 2. The van der Waals surface area contributed by atoms with E-state index in [1.807, 2.05) is 18.3 Å². The van der Waals surface area contributed by atoms with Crippen molar-refractivity contribution in [2.24, 2.45) is 4.99 Å². The number of benzene rings is 2. The normalized spacial score (nSPS) is 12.3. The summed E-state index contributed by atoms with van der Waals surface area (Å²) in [6.07, 6.45) is 1.89. The van der Waals surface area contributed by atoms with Gasteiger partial charge in [-0.25, -0.2) is 0 Å². The molecule has 0 heterocycles. The number of aliphatic imine (C=N–C) groups is 1. The van der Waals surface area contributed by atoms with Crippen molar-refractivity contribution in [2.45, 2.75) is 52.4 Å². The molecule has 152 valence electrons. The van der Waals surface area contributed by atoms with E-state index in [9.17, 15) is 5.11 Å². The third-order valence-electron chi connectivity index (χ3n) is 4.28. The van der Waals surface area contributed by atoms with Crippen molar-refractivity contribution in [3.63, 3.8) is 0 Å². The average molecular weight is 474 g/mol. The van der Waals surface area contributed by atoms with Crippen LogP contribution in [-0.2, 0) is 27.9 Å². The Kier molecular flexibility index (Phi) is 10.2. The summed E-state index contributed by atoms with van der Waals surface area (Å²) in [4.78, 5) is 4.16. The predicted molar refractivity (Wildman–Crippen MR) is 125 cm³/mol. The maximum atomic E-state index is 11.0. The first-order valence-electron chi connectivity index (χ1n) is 9.08. The summed E-state index contributed by atoms with van der Waals surface area (Å²) in [5, 5.41) is 13.2. The molecule has 1 atom stereocenters. The second kappa shape index (κ2) is 11.1. The fraction of sp³-hybridized carbons (Fsp3) is 0.409. The van der Waals surface area contributed by atoms with Gasteiger partial charge in [0.1, 0.15) is 5.75 Å². The van der Waals surface area contributed by atoms with E-state index in [0.29, 0.717) is 14.3 Å². The van der Waals surface area contributed by atoms with E-state index in [4.69, 9.17) is 18.6 Å². The van der Waals surface area contributed by atoms with Gasteiger partial charge in [-0.1, -0.05) is 80.5 Å². The average Bonchev–Trinajstić information content (AvgIpc) is 2.57. The summed E-state index contributed by atoms with van der Waals surface area (Å²) in [6, 6.07) is 12.6. The molecular formula is C22H30Cl2NOPTi. The summed E-state index contributed by atoms with van der Waals surface area (Å²) >= 11 is -0.556. The summed E-state index contributed by atoms with van der Waals surface area (Å²) in [6.45, 7) is 13.1. The van der Waals surface area contributed by atoms with Crippen LogP contribution >= 0.6 is 27.2 Å². The zero-order chi connectivity index (χ0) is 21.5. The zero-order valence-corrected chi connectivity index (χ0v) is 21.8. The van der Waals surface area contributed by atoms with Crippen LogP contribution in [0.25, 0.3) is 0 Å². The fourth-order valence-corrected chi connectivity index (χ4v) is 3.98. The molecule has 2 aromatic carbocycles. The van der Waals surface area contributed by atoms with Gasteiger partial charge in [0, 0.05) is 24.1 Å². The maximum absolute atomic E-state index is 11.0. The molecular weight excluding hydrogens is 444 g/mol. The molecule has 0 bridgehead atoms. The number of hydrogen-bond donors (Lipinski definition) is 1. The Morgan fingerprint density at radius 2 is 1.54 bits per heavy atom. The molecule has 0 aliphatic carbocycles. The molecule has 0 fully saturated rings. The van der Waals surface area contributed by atoms with Gasteiger partial charge in [0.25, 0.3) is 0 Å². The molecule has 0 saturated carbocycles. The van der Waals surface area contributed by atoms with Crippen molar-refractivity contribution in [3.05, 3.63) is 53.1 Å². The predicted octanol–water partition coefficient (Wildman–Crippen LogP) is 6.04. The van der Waals surface area contributed by atoms with Crippen molar-refractivity contribution in [1.29, 1.82) is 0 Å². The van der Waals surface area contributed by atoms with Crippen LogP contribution in [0.15, 0.2) is 41.4 Å². The van der Waals surface area contributed by atoms with Crippen LogP contribution in [-0.4, -0.2) is 18.4 Å². The first kappa shape index (κ1) is 25.7. The number of aromatic hydroxyl groups is 1. The molecule has 2 rings (SSSR count). The Bertz CT molecular complexity index is 811. The number of halogens is 2. The fourth-order valence-electron chi connectivity index (χ4n) is 2.74. The van der Waals surface area contributed by atoms with E-state index < -0.39 is 17.0 Å². The number of nitrogens with zero attached hydrogens (tertiary/aromatic N) is 1. The number of rotatable bonds is 3. The zero-order valence-electron chi connectivity index (χ0n) is 17.7. The molecule has 2 aromatic rings. The molecule has 0 amide bonds. The standard InChI is InChI=1S/C22H30NOP.2ClH.Ti/c1-21(2,3)16-12-17(22(4,5)6)20(24)19(13-16)25-18-11-9-8-10-15(18)14-23-7;;;/h8-14,24-25H,1-7H3;2*1H;/q;;;+2/p-2. The molecule has 6 heteroatoms. The third-order valence-corrected chi connectivity index (χ3v) is 5.66. The number of phenols is 1. The van der Waals surface area contributed by atoms with Gasteiger partial charge in [0.2, 0.25) is 0 Å². The molecule has 2 nitrogen and oxygen atoms in total. The van der Waals surface area contributed by atoms with E-state index in [2.05, 4.69) is 70.8 Å². The van der Waals surface area contributed by atoms with Gasteiger partial charge in [-0.2, -0.15) is 0 Å². The van der Waals surface area contributed by atoms with E-state index in [1.165, 1.54) is 10.9 Å². The van der Waals surface area contributed by atoms with Crippen molar-refractivity contribution in [3.8, 4) is 5.75 Å². The van der Waals surface area contributed by atoms with Gasteiger partial charge in [-0.05, 0) is 33.3 Å². The molecule has 0 spiro atoms. The second-order valence-electron chi connectivity index (χ2n) is 8.59. The minimum absolute atomic E-state index is 0.0390. The third kappa shape index (κ3) is 7.47. The van der Waals surface area contributed by atoms with Crippen molar-refractivity contribution in [1.82, 2.24) is 0 Å². The van der Waals surface area contributed by atoms with Crippen LogP contribution in [0.5, 0.6) is 5.75 Å². The molecule has 0 aromatic heterocycles. The number of phenolic OH excluding ortho intramolecular Hbond substituents is 1. The molecule has 1 N–H and O–H groups in total. The van der Waals surface area contributed by atoms with Gasteiger partial charge in [-0.3, -0.25) is 4.99 Å². The monoisotopic (exact) mass is 473 g/mol. The summed E-state index contributed by atoms with van der Waals surface area (Å²) in [5.74, 6) is 0.432. The van der Waals surface area contributed by atoms with Crippen molar-refractivity contribution >= 4 is 44.0 Å². The Hall–Kier alpha value is -0.366. The Morgan fingerprint density at radius 1 is 0.964 bits per heavy atom. The molecule has 0 radical (unpaired) electrons. The van der Waals surface area contributed by atoms with Crippen LogP contribution < -0.4 is 10.6 Å². The summed E-state index contributed by atoms with van der Waals surface area (Å²) in [7, 11) is 12.0. The first-order chi connectivity index (χ1) is 13.0. The van der Waals surface area contributed by atoms with Gasteiger partial charge in [0.05, 0.1) is 0 Å². The van der Waals surface area contributed by atoms with Gasteiger partial charge >= 0.3 is 35.6 Å². The topological polar surface area (TPSA) is 32.6 Å². The van der Waals surface area contributed by atoms with Gasteiger partial charge in [0.15, 0.2) is 0 Å². The molecule has 1 unspecified atom stereocenters. The van der Waals surface area contributed by atoms with E-state index in [-0.39, 0.29) is 10.8 Å².